The number of hydrogen-bond donors (Lipinski definition) is 4. The quantitative estimate of drug-likeness (QED) is 0.0777. The number of amides is 2. The van der Waals surface area contributed by atoms with Crippen LogP contribution < -0.4 is 20.4 Å². The molecule has 0 aliphatic carbocycles. The van der Waals surface area contributed by atoms with Crippen molar-refractivity contribution in [3.8, 4) is 22.3 Å². The van der Waals surface area contributed by atoms with Crippen LogP contribution in [0.5, 0.6) is 0 Å². The first kappa shape index (κ1) is 51.9. The Morgan fingerprint density at radius 2 is 1.16 bits per heavy atom. The van der Waals surface area contributed by atoms with E-state index in [2.05, 4.69) is 20.8 Å². The van der Waals surface area contributed by atoms with Gasteiger partial charge in [0.1, 0.15) is 11.7 Å². The van der Waals surface area contributed by atoms with Crippen molar-refractivity contribution in [3.05, 3.63) is 93.8 Å². The van der Waals surface area contributed by atoms with E-state index in [9.17, 15) is 31.5 Å². The van der Waals surface area contributed by atoms with Crippen LogP contribution in [-0.4, -0.2) is 105 Å². The Labute approximate surface area is 401 Å². The van der Waals surface area contributed by atoms with Crippen LogP contribution in [0.25, 0.3) is 22.3 Å². The number of hydrogen-bond acceptors (Lipinski definition) is 8. The Morgan fingerprint density at radius 1 is 0.696 bits per heavy atom. The molecule has 69 heavy (non-hydrogen) atoms. The van der Waals surface area contributed by atoms with Crippen LogP contribution in [0.1, 0.15) is 95.9 Å². The third-order valence-corrected chi connectivity index (χ3v) is 12.7. The largest absolute Gasteiger partial charge is 0.417 e. The van der Waals surface area contributed by atoms with Crippen molar-refractivity contribution in [2.45, 2.75) is 98.7 Å². The van der Waals surface area contributed by atoms with Gasteiger partial charge in [0, 0.05) is 143 Å². The average molecular weight is 961 g/mol. The van der Waals surface area contributed by atoms with Gasteiger partial charge in [0.25, 0.3) is 6.43 Å². The molecule has 4 aliphatic heterocycles. The maximum absolute atomic E-state index is 14.2. The maximum Gasteiger partial charge on any atom is 0.417 e. The summed E-state index contributed by atoms with van der Waals surface area (Å²) in [6, 6.07) is 6.25. The van der Waals surface area contributed by atoms with Crippen molar-refractivity contribution in [1.29, 1.82) is 10.8 Å². The number of amidine groups is 2. The average Bonchev–Trinajstić information content (AvgIpc) is 3.97. The van der Waals surface area contributed by atoms with Gasteiger partial charge in [0.2, 0.25) is 11.8 Å². The number of nitrogens with zero attached hydrogens (tertiary/aromatic N) is 8. The summed E-state index contributed by atoms with van der Waals surface area (Å²) >= 11 is 0. The van der Waals surface area contributed by atoms with E-state index in [0.717, 1.165) is 40.9 Å². The van der Waals surface area contributed by atoms with E-state index in [-0.39, 0.29) is 47.2 Å². The smallest absolute Gasteiger partial charge is 0.391 e. The van der Waals surface area contributed by atoms with Gasteiger partial charge in [-0.25, -0.2) is 8.78 Å². The second-order valence-corrected chi connectivity index (χ2v) is 17.8. The molecule has 0 bridgehead atoms. The number of fused-ring (bicyclic) bond motifs is 2. The van der Waals surface area contributed by atoms with Crippen LogP contribution >= 0.6 is 0 Å². The normalized spacial score (nSPS) is 16.1. The minimum Gasteiger partial charge on any atom is -0.391 e. The maximum atomic E-state index is 14.2. The minimum atomic E-state index is -4.56. The van der Waals surface area contributed by atoms with E-state index in [1.165, 1.54) is 36.9 Å². The Morgan fingerprint density at radius 3 is 1.59 bits per heavy atom. The van der Waals surface area contributed by atoms with Gasteiger partial charge in [-0.2, -0.15) is 23.4 Å². The highest BCUT2D eigenvalue weighted by Crippen LogP contribution is 2.43. The zero-order valence-corrected chi connectivity index (χ0v) is 41.0. The number of carbonyl (C=O) groups excluding carboxylic acids is 2. The number of alkyl halides is 5. The lowest BCUT2D eigenvalue weighted by atomic mass is 9.92. The summed E-state index contributed by atoms with van der Waals surface area (Å²) in [5.41, 5.74) is 6.77. The molecule has 2 aromatic carbocycles. The summed E-state index contributed by atoms with van der Waals surface area (Å²) < 4.78 is 73.7. The Kier molecular flexibility index (Phi) is 16.4. The molecule has 0 unspecified atom stereocenters. The van der Waals surface area contributed by atoms with Gasteiger partial charge in [-0.1, -0.05) is 13.8 Å². The molecule has 0 atom stereocenters. The van der Waals surface area contributed by atoms with Gasteiger partial charge in [0.15, 0.2) is 0 Å². The number of rotatable bonds is 8. The molecule has 0 spiro atoms. The fraction of sp³-hybridized carbons (Fsp3) is 0.480. The number of halogens is 5. The van der Waals surface area contributed by atoms with Gasteiger partial charge in [0.05, 0.1) is 31.0 Å². The lowest BCUT2D eigenvalue weighted by molar-refractivity contribution is -0.137. The number of nitrogens with one attached hydrogen (secondary N) is 4. The first-order chi connectivity index (χ1) is 32.7. The number of benzene rings is 2. The predicted molar refractivity (Wildman–Crippen MR) is 261 cm³/mol. The molecule has 372 valence electrons. The molecule has 0 fully saturated rings. The van der Waals surface area contributed by atoms with Gasteiger partial charge in [-0.3, -0.25) is 29.8 Å². The van der Waals surface area contributed by atoms with E-state index in [0.29, 0.717) is 92.0 Å². The summed E-state index contributed by atoms with van der Waals surface area (Å²) in [4.78, 5) is 30.9. The molecule has 0 saturated heterocycles. The fourth-order valence-corrected chi connectivity index (χ4v) is 9.38. The molecule has 2 aromatic heterocycles. The van der Waals surface area contributed by atoms with Crippen molar-refractivity contribution in [2.24, 2.45) is 14.1 Å². The Balaban J connectivity index is 0.000000220. The summed E-state index contributed by atoms with van der Waals surface area (Å²) in [5, 5.41) is 32.7. The summed E-state index contributed by atoms with van der Waals surface area (Å²) in [6.07, 6.45) is 3.25. The number of aryl methyl sites for hydroxylation is 4. The zero-order chi connectivity index (χ0) is 50.5. The second-order valence-electron chi connectivity index (χ2n) is 17.8. The molecule has 2 amide bonds. The van der Waals surface area contributed by atoms with Gasteiger partial charge >= 0.3 is 6.18 Å². The SMILES string of the molecule is CC.CC(=O)N1CCC(NC(C)C)=C(C(=N)N2CCCc3cc(-c4cnn(C)c4)c(C(F)(F)F)cc32)C1.CNC1=C(C(=N)N2CCCc3cc(-c4cnn(C)c4)c(C(F)F)cc32)CN(C(C)=O)CC1. The molecule has 4 N–H and O–H groups in total. The highest BCUT2D eigenvalue weighted by molar-refractivity contribution is 6.10. The van der Waals surface area contributed by atoms with E-state index >= 15 is 0 Å². The summed E-state index contributed by atoms with van der Waals surface area (Å²) in [7, 11) is 5.24. The van der Waals surface area contributed by atoms with Crippen molar-refractivity contribution in [3.63, 3.8) is 0 Å². The summed E-state index contributed by atoms with van der Waals surface area (Å²) in [5.74, 6) is 0.280. The molecule has 14 nitrogen and oxygen atoms in total. The summed E-state index contributed by atoms with van der Waals surface area (Å²) in [6.45, 7) is 13.8. The standard InChI is InChI=1S/C25H31F3N6O.C23H28F2N6O.C2H6/c1-15(2)31-22-7-9-33(16(3)35)14-20(22)24(29)34-8-5-6-17-10-19(18-12-30-32(4)13-18)21(11-23(17)34)25(26,27)28;1-14(32)30-8-6-20(27-2)19(13-30)23(26)31-7-4-5-15-9-17(16-11-28-29(3)12-16)18(22(24)25)10-21(15)31;1-2/h10-13,15,29,31H,5-9,14H2,1-4H3;9-12,22,26-27H,4-8,13H2,1-3H3;1-2H3. The fourth-order valence-electron chi connectivity index (χ4n) is 9.38. The van der Waals surface area contributed by atoms with Gasteiger partial charge in [-0.15, -0.1) is 0 Å². The number of aromatic nitrogens is 4. The van der Waals surface area contributed by atoms with Crippen LogP contribution in [0, 0.1) is 10.8 Å². The van der Waals surface area contributed by atoms with Crippen LogP contribution in [0.15, 0.2) is 71.6 Å². The molecule has 0 radical (unpaired) electrons. The van der Waals surface area contributed by atoms with E-state index in [1.54, 1.807) is 58.1 Å². The van der Waals surface area contributed by atoms with Crippen LogP contribution in [-0.2, 0) is 42.7 Å². The van der Waals surface area contributed by atoms with Gasteiger partial charge in [-0.05, 0) is 86.1 Å². The van der Waals surface area contributed by atoms with Gasteiger partial charge < -0.3 is 30.2 Å². The minimum absolute atomic E-state index is 0.0365. The molecular weight excluding hydrogens is 896 g/mol. The molecule has 4 aromatic rings. The van der Waals surface area contributed by atoms with E-state index < -0.39 is 18.2 Å². The van der Waals surface area contributed by atoms with Crippen LogP contribution in [0.4, 0.5) is 33.3 Å². The number of anilines is 2. The second kappa shape index (κ2) is 21.8. The molecular formula is C50H65F5N12O2. The topological polar surface area (TPSA) is 154 Å². The van der Waals surface area contributed by atoms with Crippen LogP contribution in [0.2, 0.25) is 0 Å². The monoisotopic (exact) mass is 961 g/mol. The third kappa shape index (κ3) is 11.5. The predicted octanol–water partition coefficient (Wildman–Crippen LogP) is 8.85. The van der Waals surface area contributed by atoms with E-state index in [4.69, 9.17) is 10.8 Å². The Bertz CT molecular complexity index is 2630. The third-order valence-electron chi connectivity index (χ3n) is 12.7. The van der Waals surface area contributed by atoms with E-state index in [1.807, 2.05) is 45.7 Å². The highest BCUT2D eigenvalue weighted by Gasteiger charge is 2.38. The molecule has 0 saturated carbocycles. The van der Waals surface area contributed by atoms with Crippen molar-refractivity contribution >= 4 is 34.9 Å². The van der Waals surface area contributed by atoms with Crippen LogP contribution in [0.3, 0.4) is 0 Å². The lowest BCUT2D eigenvalue weighted by Crippen LogP contribution is -2.45. The highest BCUT2D eigenvalue weighted by atomic mass is 19.4. The molecule has 6 heterocycles. The van der Waals surface area contributed by atoms with Crippen molar-refractivity contribution in [2.75, 3.05) is 56.1 Å². The number of carbonyl (C=O) groups is 2. The first-order valence-corrected chi connectivity index (χ1v) is 23.5. The molecule has 4 aliphatic rings. The zero-order valence-electron chi connectivity index (χ0n) is 41.0. The lowest BCUT2D eigenvalue weighted by Gasteiger charge is -2.37. The molecule has 8 rings (SSSR count). The van der Waals surface area contributed by atoms with Crippen molar-refractivity contribution in [1.82, 2.24) is 40.0 Å². The van der Waals surface area contributed by atoms with Crippen molar-refractivity contribution < 1.29 is 31.5 Å². The Hall–Kier alpha value is -6.53. The molecule has 19 heteroatoms. The first-order valence-electron chi connectivity index (χ1n) is 23.5.